The van der Waals surface area contributed by atoms with Gasteiger partial charge in [-0.3, -0.25) is 19.3 Å². The number of methoxy groups -OCH3 is 1. The summed E-state index contributed by atoms with van der Waals surface area (Å²) in [5.41, 5.74) is 0. The maximum absolute atomic E-state index is 13.3. The van der Waals surface area contributed by atoms with Crippen LogP contribution in [0, 0.1) is 0 Å². The highest BCUT2D eigenvalue weighted by molar-refractivity contribution is 7.92. The van der Waals surface area contributed by atoms with Gasteiger partial charge in [0.1, 0.15) is 6.04 Å². The minimum absolute atomic E-state index is 0.0563. The largest absolute Gasteiger partial charge is 0.384 e. The van der Waals surface area contributed by atoms with Crippen molar-refractivity contribution in [2.45, 2.75) is 56.7 Å². The van der Waals surface area contributed by atoms with E-state index in [9.17, 15) is 22.8 Å². The molecule has 4 rings (SSSR count). The zero-order valence-electron chi connectivity index (χ0n) is 23.7. The number of likely N-dealkylation sites (N-methyl/N-ethyl adjacent to an activating group) is 1. The molecule has 3 aliphatic rings. The van der Waals surface area contributed by atoms with E-state index in [0.717, 1.165) is 44.3 Å². The number of hydrogen-bond acceptors (Lipinski definition) is 8. The normalized spacial score (nSPS) is 24.1. The molecule has 3 aliphatic heterocycles. The van der Waals surface area contributed by atoms with Crippen molar-refractivity contribution in [2.24, 2.45) is 0 Å². The summed E-state index contributed by atoms with van der Waals surface area (Å²) in [5, 5.41) is 1.04. The van der Waals surface area contributed by atoms with E-state index >= 15 is 0 Å². The second-order valence-electron chi connectivity index (χ2n) is 10.9. The fourth-order valence-corrected chi connectivity index (χ4v) is 7.86. The lowest BCUT2D eigenvalue weighted by atomic mass is 10.1. The third kappa shape index (κ3) is 8.74. The van der Waals surface area contributed by atoms with Crippen LogP contribution in [0.5, 0.6) is 0 Å². The molecule has 0 radical (unpaired) electrons. The molecule has 14 heteroatoms. The molecule has 3 fully saturated rings. The summed E-state index contributed by atoms with van der Waals surface area (Å²) in [6.45, 7) is 3.79. The van der Waals surface area contributed by atoms with E-state index in [1.807, 2.05) is 16.8 Å². The zero-order valence-corrected chi connectivity index (χ0v) is 26.1. The topological polar surface area (TPSA) is 120 Å². The Kier molecular flexibility index (Phi) is 11.2. The van der Waals surface area contributed by atoms with Crippen molar-refractivity contribution in [3.8, 4) is 0 Å². The van der Waals surface area contributed by atoms with Gasteiger partial charge in [0.25, 0.3) is 0 Å². The standard InChI is InChI=1S/C27H40ClN5O6S2/c1-30(25(34)10-15-39-2)20-9-14-31(17-20)18-21-5-3-13-33(21)26(35)19-32-12-4-6-23(27(32)36)29-41(37,38)16-11-22-7-8-24(28)40-22/h7-8,11,16,20-21,23,29H,3-6,9-10,12-15,17-19H2,1-2H3/t20?,21-,23-/m0/s1. The van der Waals surface area contributed by atoms with Gasteiger partial charge in [0, 0.05) is 69.3 Å². The summed E-state index contributed by atoms with van der Waals surface area (Å²) >= 11 is 7.16. The summed E-state index contributed by atoms with van der Waals surface area (Å²) in [7, 11) is -0.429. The molecule has 0 spiro atoms. The Morgan fingerprint density at radius 2 is 1.98 bits per heavy atom. The first-order chi connectivity index (χ1) is 19.6. The second-order valence-corrected chi connectivity index (χ2v) is 14.2. The van der Waals surface area contributed by atoms with Crippen molar-refractivity contribution >= 4 is 56.8 Å². The predicted octanol–water partition coefficient (Wildman–Crippen LogP) is 1.84. The number of halogens is 1. The molecule has 1 aromatic heterocycles. The van der Waals surface area contributed by atoms with Crippen LogP contribution >= 0.6 is 22.9 Å². The van der Waals surface area contributed by atoms with Gasteiger partial charge in [-0.25, -0.2) is 8.42 Å². The van der Waals surface area contributed by atoms with Crippen molar-refractivity contribution in [3.63, 3.8) is 0 Å². The molecule has 1 aromatic rings. The number of sulfonamides is 1. The lowest BCUT2D eigenvalue weighted by molar-refractivity contribution is -0.143. The average molecular weight is 630 g/mol. The molecular formula is C27H40ClN5O6S2. The number of carbonyl (C=O) groups excluding carboxylic acids is 3. The van der Waals surface area contributed by atoms with Crippen LogP contribution in [-0.4, -0.2) is 124 Å². The summed E-state index contributed by atoms with van der Waals surface area (Å²) in [6.07, 6.45) is 5.49. The van der Waals surface area contributed by atoms with Gasteiger partial charge in [0.15, 0.2) is 0 Å². The minimum atomic E-state index is -3.86. The Morgan fingerprint density at radius 1 is 1.20 bits per heavy atom. The minimum Gasteiger partial charge on any atom is -0.384 e. The number of nitrogens with zero attached hydrogens (tertiary/aromatic N) is 4. The van der Waals surface area contributed by atoms with Gasteiger partial charge in [-0.1, -0.05) is 11.6 Å². The number of carbonyl (C=O) groups is 3. The van der Waals surface area contributed by atoms with Gasteiger partial charge >= 0.3 is 0 Å². The van der Waals surface area contributed by atoms with E-state index in [0.29, 0.717) is 48.2 Å². The highest BCUT2D eigenvalue weighted by Gasteiger charge is 2.37. The average Bonchev–Trinajstić information content (AvgIpc) is 3.70. The molecule has 4 heterocycles. The summed E-state index contributed by atoms with van der Waals surface area (Å²) in [5.74, 6) is -0.409. The van der Waals surface area contributed by atoms with Crippen molar-refractivity contribution in [1.29, 1.82) is 0 Å². The molecule has 3 amide bonds. The predicted molar refractivity (Wildman–Crippen MR) is 159 cm³/mol. The number of ether oxygens (including phenoxy) is 1. The number of nitrogens with one attached hydrogen (secondary N) is 1. The Hall–Kier alpha value is -2.03. The van der Waals surface area contributed by atoms with E-state index in [1.54, 1.807) is 19.2 Å². The van der Waals surface area contributed by atoms with Crippen LogP contribution in [0.3, 0.4) is 0 Å². The Morgan fingerprint density at radius 3 is 2.71 bits per heavy atom. The molecule has 0 aromatic carbocycles. The van der Waals surface area contributed by atoms with Gasteiger partial charge in [-0.15, -0.1) is 11.3 Å². The molecule has 3 saturated heterocycles. The van der Waals surface area contributed by atoms with E-state index in [4.69, 9.17) is 16.3 Å². The molecule has 228 valence electrons. The fourth-order valence-electron chi connectivity index (χ4n) is 5.79. The van der Waals surface area contributed by atoms with Crippen molar-refractivity contribution in [3.05, 3.63) is 26.8 Å². The molecule has 1 N–H and O–H groups in total. The van der Waals surface area contributed by atoms with Crippen molar-refractivity contribution < 1.29 is 27.5 Å². The summed E-state index contributed by atoms with van der Waals surface area (Å²) < 4.78 is 33.3. The van der Waals surface area contributed by atoms with Crippen LogP contribution in [0.1, 0.15) is 43.4 Å². The highest BCUT2D eigenvalue weighted by atomic mass is 35.5. The molecule has 41 heavy (non-hydrogen) atoms. The number of rotatable bonds is 12. The lowest BCUT2D eigenvalue weighted by Gasteiger charge is -2.34. The number of amides is 3. The number of piperidine rings is 1. The SMILES string of the molecule is COCCC(=O)N(C)C1CCN(C[C@@H]2CCCN2C(=O)CN2CCC[C@H](NS(=O)(=O)C=Cc3ccc(Cl)s3)C2=O)C1. The van der Waals surface area contributed by atoms with Crippen LogP contribution in [-0.2, 0) is 29.1 Å². The van der Waals surface area contributed by atoms with Crippen LogP contribution in [0.4, 0.5) is 0 Å². The second kappa shape index (κ2) is 14.4. The maximum Gasteiger partial charge on any atom is 0.242 e. The third-order valence-corrected chi connectivity index (χ3v) is 10.3. The zero-order chi connectivity index (χ0) is 29.6. The Labute approximate surface area is 251 Å². The quantitative estimate of drug-likeness (QED) is 0.375. The first-order valence-corrected chi connectivity index (χ1v) is 16.8. The Bertz CT molecular complexity index is 1220. The molecule has 0 aliphatic carbocycles. The van der Waals surface area contributed by atoms with Crippen LogP contribution < -0.4 is 4.72 Å². The van der Waals surface area contributed by atoms with E-state index in [2.05, 4.69) is 9.62 Å². The van der Waals surface area contributed by atoms with Gasteiger partial charge < -0.3 is 19.4 Å². The summed E-state index contributed by atoms with van der Waals surface area (Å²) in [4.78, 5) is 47.1. The summed E-state index contributed by atoms with van der Waals surface area (Å²) in [6, 6.07) is 2.70. The highest BCUT2D eigenvalue weighted by Crippen LogP contribution is 2.24. The molecular weight excluding hydrogens is 590 g/mol. The smallest absolute Gasteiger partial charge is 0.242 e. The van der Waals surface area contributed by atoms with Crippen molar-refractivity contribution in [2.75, 3.05) is 60.0 Å². The number of hydrogen-bond donors (Lipinski definition) is 1. The van der Waals surface area contributed by atoms with Crippen LogP contribution in [0.15, 0.2) is 17.5 Å². The first kappa shape index (κ1) is 31.9. The van der Waals surface area contributed by atoms with E-state index < -0.39 is 16.1 Å². The monoisotopic (exact) mass is 629 g/mol. The number of likely N-dealkylation sites (tertiary alicyclic amines) is 3. The third-order valence-electron chi connectivity index (χ3n) is 8.04. The van der Waals surface area contributed by atoms with Gasteiger partial charge in [-0.2, -0.15) is 4.72 Å². The van der Waals surface area contributed by atoms with Crippen LogP contribution in [0.2, 0.25) is 4.34 Å². The van der Waals surface area contributed by atoms with Gasteiger partial charge in [0.2, 0.25) is 27.7 Å². The maximum atomic E-state index is 13.3. The molecule has 0 bridgehead atoms. The molecule has 3 atom stereocenters. The van der Waals surface area contributed by atoms with Gasteiger partial charge in [-0.05, 0) is 50.3 Å². The van der Waals surface area contributed by atoms with Crippen molar-refractivity contribution in [1.82, 2.24) is 24.3 Å². The lowest BCUT2D eigenvalue weighted by Crippen LogP contribution is -2.55. The molecule has 11 nitrogen and oxygen atoms in total. The number of thiophene rings is 1. The van der Waals surface area contributed by atoms with E-state index in [1.165, 1.54) is 22.3 Å². The molecule has 0 saturated carbocycles. The van der Waals surface area contributed by atoms with E-state index in [-0.39, 0.29) is 36.3 Å². The van der Waals surface area contributed by atoms with Gasteiger partial charge in [0.05, 0.1) is 23.9 Å². The molecule has 1 unspecified atom stereocenters. The van der Waals surface area contributed by atoms with Crippen LogP contribution in [0.25, 0.3) is 6.08 Å². The fraction of sp³-hybridized carbons (Fsp3) is 0.667. The Balaban J connectivity index is 1.28. The first-order valence-electron chi connectivity index (χ1n) is 14.1.